The number of aliphatic carboxylic acids is 1. The second-order valence-electron chi connectivity index (χ2n) is 8.40. The summed E-state index contributed by atoms with van der Waals surface area (Å²) in [6.45, 7) is 2.29. The number of halogens is 2. The van der Waals surface area contributed by atoms with Crippen molar-refractivity contribution in [3.63, 3.8) is 0 Å². The van der Waals surface area contributed by atoms with Crippen molar-refractivity contribution >= 4 is 29.2 Å². The Morgan fingerprint density at radius 3 is 2.41 bits per heavy atom. The third-order valence-electron chi connectivity index (χ3n) is 6.52. The molecule has 164 valence electrons. The molecule has 1 aromatic heterocycles. The fourth-order valence-corrected chi connectivity index (χ4v) is 5.45. The zero-order chi connectivity index (χ0) is 22.4. The van der Waals surface area contributed by atoms with Crippen LogP contribution in [0.15, 0.2) is 54.6 Å². The molecule has 32 heavy (non-hydrogen) atoms. The smallest absolute Gasteiger partial charge is 0.307 e. The SMILES string of the molecule is COc1nc(-c2cccc(-c3ccccc3Cl)c2Cl)ccc1CN1C[C@@H]2C(C(=O)O)[C@@H]2C1. The summed E-state index contributed by atoms with van der Waals surface area (Å²) in [5.41, 5.74) is 4.23. The van der Waals surface area contributed by atoms with Crippen molar-refractivity contribution < 1.29 is 14.6 Å². The number of methoxy groups -OCH3 is 1. The van der Waals surface area contributed by atoms with Gasteiger partial charge in [-0.05, 0) is 24.0 Å². The summed E-state index contributed by atoms with van der Waals surface area (Å²) in [6.07, 6.45) is 0. The average Bonchev–Trinajstić information content (AvgIpc) is 3.31. The molecule has 7 heteroatoms. The quantitative estimate of drug-likeness (QED) is 0.517. The van der Waals surface area contributed by atoms with Gasteiger partial charge in [0.15, 0.2) is 0 Å². The lowest BCUT2D eigenvalue weighted by Crippen LogP contribution is -2.26. The van der Waals surface area contributed by atoms with Crippen LogP contribution in [0.4, 0.5) is 0 Å². The third-order valence-corrected chi connectivity index (χ3v) is 7.26. The Balaban J connectivity index is 1.40. The fourth-order valence-electron chi connectivity index (χ4n) is 4.88. The lowest BCUT2D eigenvalue weighted by atomic mass is 10.0. The van der Waals surface area contributed by atoms with Crippen LogP contribution in [0.25, 0.3) is 22.4 Å². The Morgan fingerprint density at radius 1 is 1.03 bits per heavy atom. The van der Waals surface area contributed by atoms with Gasteiger partial charge in [0.05, 0.1) is 23.7 Å². The van der Waals surface area contributed by atoms with Crippen LogP contribution < -0.4 is 4.74 Å². The summed E-state index contributed by atoms with van der Waals surface area (Å²) in [4.78, 5) is 18.2. The molecule has 1 N–H and O–H groups in total. The van der Waals surface area contributed by atoms with E-state index in [1.165, 1.54) is 0 Å². The summed E-state index contributed by atoms with van der Waals surface area (Å²) in [6, 6.07) is 17.4. The molecular formula is C25H22Cl2N2O3. The molecule has 0 bridgehead atoms. The van der Waals surface area contributed by atoms with E-state index in [0.717, 1.165) is 41.0 Å². The maximum atomic E-state index is 11.2. The van der Waals surface area contributed by atoms with Gasteiger partial charge in [-0.3, -0.25) is 9.69 Å². The number of fused-ring (bicyclic) bond motifs is 1. The lowest BCUT2D eigenvalue weighted by molar-refractivity contribution is -0.139. The molecule has 1 aliphatic heterocycles. The average molecular weight is 469 g/mol. The second kappa shape index (κ2) is 8.39. The number of piperidine rings is 1. The van der Waals surface area contributed by atoms with Gasteiger partial charge in [0, 0.05) is 46.9 Å². The van der Waals surface area contributed by atoms with E-state index in [-0.39, 0.29) is 17.8 Å². The second-order valence-corrected chi connectivity index (χ2v) is 9.18. The summed E-state index contributed by atoms with van der Waals surface area (Å²) >= 11 is 13.2. The Hall–Kier alpha value is -2.60. The van der Waals surface area contributed by atoms with Gasteiger partial charge in [-0.2, -0.15) is 0 Å². The first-order chi connectivity index (χ1) is 15.5. The van der Waals surface area contributed by atoms with E-state index in [9.17, 15) is 9.90 Å². The van der Waals surface area contributed by atoms with Crippen LogP contribution in [0.1, 0.15) is 5.56 Å². The molecule has 3 atom stereocenters. The minimum atomic E-state index is -0.667. The number of carboxylic acids is 1. The maximum Gasteiger partial charge on any atom is 0.307 e. The van der Waals surface area contributed by atoms with Gasteiger partial charge in [0.2, 0.25) is 5.88 Å². The molecule has 0 spiro atoms. The number of carbonyl (C=O) groups is 1. The van der Waals surface area contributed by atoms with E-state index in [1.54, 1.807) is 7.11 Å². The third kappa shape index (κ3) is 3.75. The van der Waals surface area contributed by atoms with Crippen LogP contribution in [0.2, 0.25) is 10.0 Å². The number of hydrogen-bond donors (Lipinski definition) is 1. The summed E-state index contributed by atoms with van der Waals surface area (Å²) in [7, 11) is 1.61. The molecule has 1 unspecified atom stereocenters. The molecule has 0 radical (unpaired) electrons. The molecule has 2 fully saturated rings. The van der Waals surface area contributed by atoms with Crippen molar-refractivity contribution in [1.82, 2.24) is 9.88 Å². The summed E-state index contributed by atoms with van der Waals surface area (Å²) in [5, 5.41) is 10.4. The van der Waals surface area contributed by atoms with Gasteiger partial charge in [0.1, 0.15) is 0 Å². The standard InChI is InChI=1S/C25H22Cl2N2O3/c1-32-24-14(11-29-12-18-19(13-29)22(18)25(30)31)9-10-21(28-24)17-7-4-6-16(23(17)27)15-5-2-3-8-20(15)26/h2-10,18-19,22H,11-13H2,1H3,(H,30,31)/t18-,19+,22?. The van der Waals surface area contributed by atoms with E-state index in [1.807, 2.05) is 54.6 Å². The van der Waals surface area contributed by atoms with Crippen molar-refractivity contribution in [3.05, 3.63) is 70.2 Å². The Morgan fingerprint density at radius 2 is 1.72 bits per heavy atom. The molecule has 1 saturated carbocycles. The molecule has 2 aromatic carbocycles. The topological polar surface area (TPSA) is 62.7 Å². The molecule has 5 nitrogen and oxygen atoms in total. The zero-order valence-electron chi connectivity index (χ0n) is 17.5. The monoisotopic (exact) mass is 468 g/mol. The number of pyridine rings is 1. The van der Waals surface area contributed by atoms with Crippen LogP contribution in [0.3, 0.4) is 0 Å². The van der Waals surface area contributed by atoms with Crippen LogP contribution in [-0.4, -0.2) is 41.2 Å². The fraction of sp³-hybridized carbons (Fsp3) is 0.280. The number of rotatable bonds is 6. The first-order valence-electron chi connectivity index (χ1n) is 10.5. The predicted octanol–water partition coefficient (Wildman–Crippen LogP) is 5.49. The maximum absolute atomic E-state index is 11.2. The molecule has 2 aliphatic rings. The summed E-state index contributed by atoms with van der Waals surface area (Å²) < 4.78 is 5.59. The summed E-state index contributed by atoms with van der Waals surface area (Å²) in [5.74, 6) is 0.270. The number of nitrogens with zero attached hydrogens (tertiary/aromatic N) is 2. The largest absolute Gasteiger partial charge is 0.481 e. The van der Waals surface area contributed by atoms with Gasteiger partial charge in [-0.25, -0.2) is 4.98 Å². The molecule has 2 heterocycles. The minimum absolute atomic E-state index is 0.166. The number of hydrogen-bond acceptors (Lipinski definition) is 4. The number of likely N-dealkylation sites (tertiary alicyclic amines) is 1. The van der Waals surface area contributed by atoms with Crippen LogP contribution in [0, 0.1) is 17.8 Å². The Kier molecular flexibility index (Phi) is 5.58. The van der Waals surface area contributed by atoms with E-state index >= 15 is 0 Å². The van der Waals surface area contributed by atoms with Gasteiger partial charge < -0.3 is 9.84 Å². The molecule has 5 rings (SSSR count). The number of carboxylic acid groups (broad SMARTS) is 1. The van der Waals surface area contributed by atoms with Crippen molar-refractivity contribution in [2.75, 3.05) is 20.2 Å². The van der Waals surface area contributed by atoms with E-state index < -0.39 is 5.97 Å². The van der Waals surface area contributed by atoms with E-state index in [4.69, 9.17) is 32.9 Å². The van der Waals surface area contributed by atoms with Crippen molar-refractivity contribution in [2.24, 2.45) is 17.8 Å². The normalized spacial score (nSPS) is 21.9. The van der Waals surface area contributed by atoms with E-state index in [2.05, 4.69) is 4.90 Å². The van der Waals surface area contributed by atoms with Crippen LogP contribution in [0.5, 0.6) is 5.88 Å². The first kappa shape index (κ1) is 21.3. The van der Waals surface area contributed by atoms with Crippen molar-refractivity contribution in [2.45, 2.75) is 6.54 Å². The van der Waals surface area contributed by atoms with Gasteiger partial charge in [-0.15, -0.1) is 0 Å². The van der Waals surface area contributed by atoms with Crippen molar-refractivity contribution in [3.8, 4) is 28.3 Å². The molecular weight excluding hydrogens is 447 g/mol. The highest BCUT2D eigenvalue weighted by atomic mass is 35.5. The Labute approximate surface area is 196 Å². The molecule has 1 saturated heterocycles. The van der Waals surface area contributed by atoms with Crippen LogP contribution >= 0.6 is 23.2 Å². The zero-order valence-corrected chi connectivity index (χ0v) is 19.0. The minimum Gasteiger partial charge on any atom is -0.481 e. The highest BCUT2D eigenvalue weighted by molar-refractivity contribution is 6.38. The van der Waals surface area contributed by atoms with E-state index in [0.29, 0.717) is 22.5 Å². The Bertz CT molecular complexity index is 1190. The number of ether oxygens (including phenoxy) is 1. The first-order valence-corrected chi connectivity index (χ1v) is 11.3. The lowest BCUT2D eigenvalue weighted by Gasteiger charge is -2.20. The van der Waals surface area contributed by atoms with Gasteiger partial charge in [0.25, 0.3) is 0 Å². The molecule has 0 amide bonds. The molecule has 1 aliphatic carbocycles. The highest BCUT2D eigenvalue weighted by Crippen LogP contribution is 2.52. The highest BCUT2D eigenvalue weighted by Gasteiger charge is 2.59. The van der Waals surface area contributed by atoms with Crippen molar-refractivity contribution in [1.29, 1.82) is 0 Å². The molecule has 3 aromatic rings. The van der Waals surface area contributed by atoms with Crippen LogP contribution in [-0.2, 0) is 11.3 Å². The number of benzene rings is 2. The predicted molar refractivity (Wildman–Crippen MR) is 125 cm³/mol. The number of aromatic nitrogens is 1. The van der Waals surface area contributed by atoms with Gasteiger partial charge in [-0.1, -0.05) is 65.7 Å². The van der Waals surface area contributed by atoms with Gasteiger partial charge >= 0.3 is 5.97 Å².